The minimum atomic E-state index is -1.59. The fourth-order valence-electron chi connectivity index (χ4n) is 6.49. The fourth-order valence-corrected chi connectivity index (χ4v) is 8.08. The van der Waals surface area contributed by atoms with Crippen LogP contribution in [0.25, 0.3) is 0 Å². The Labute approximate surface area is 170 Å². The number of fused-ring (bicyclic) bond motifs is 3. The van der Waals surface area contributed by atoms with Crippen molar-refractivity contribution in [2.75, 3.05) is 0 Å². The van der Waals surface area contributed by atoms with Crippen LogP contribution in [0.2, 0.25) is 19.6 Å². The second-order valence-corrected chi connectivity index (χ2v) is 17.1. The Balaban J connectivity index is 1.97. The summed E-state index contributed by atoms with van der Waals surface area (Å²) in [4.78, 5) is 0. The third-order valence-electron chi connectivity index (χ3n) is 7.39. The zero-order valence-corrected chi connectivity index (χ0v) is 20.5. The minimum Gasteiger partial charge on any atom is -0.414 e. The first-order valence-corrected chi connectivity index (χ1v) is 14.5. The fraction of sp³-hybridized carbons (Fsp3) is 0.818. The van der Waals surface area contributed by atoms with Crippen molar-refractivity contribution in [3.63, 3.8) is 0 Å². The van der Waals surface area contributed by atoms with Crippen LogP contribution < -0.4 is 0 Å². The standard InChI is InChI=1S/C22H37IOSi/c1-15(23)13-18(24-25(6,7)8)22(5)10-9-16-17(22)14-21(4)12-11-20(2,3)19(16)21/h14,16,18-19H,1,9-13H2,2-8H3/t16-,18-,19-,21-,22-/m1/s1. The Hall–Kier alpha value is 0.387. The molecule has 3 heteroatoms. The van der Waals surface area contributed by atoms with Crippen molar-refractivity contribution < 1.29 is 4.43 Å². The first-order valence-electron chi connectivity index (χ1n) is 10.0. The maximum absolute atomic E-state index is 6.78. The molecule has 0 aliphatic heterocycles. The Morgan fingerprint density at radius 2 is 1.88 bits per heavy atom. The van der Waals surface area contributed by atoms with Crippen molar-refractivity contribution in [2.45, 2.75) is 85.5 Å². The van der Waals surface area contributed by atoms with Gasteiger partial charge in [0.25, 0.3) is 0 Å². The zero-order chi connectivity index (χ0) is 18.8. The van der Waals surface area contributed by atoms with Crippen LogP contribution in [0.15, 0.2) is 21.8 Å². The maximum Gasteiger partial charge on any atom is 0.184 e. The summed E-state index contributed by atoms with van der Waals surface area (Å²) in [5.74, 6) is 1.61. The molecule has 0 aromatic heterocycles. The van der Waals surface area contributed by atoms with Gasteiger partial charge in [0, 0.05) is 11.8 Å². The average molecular weight is 473 g/mol. The molecule has 3 aliphatic rings. The molecule has 0 heterocycles. The summed E-state index contributed by atoms with van der Waals surface area (Å²) in [5, 5.41) is 0. The third kappa shape index (κ3) is 3.47. The summed E-state index contributed by atoms with van der Waals surface area (Å²) < 4.78 is 8.02. The largest absolute Gasteiger partial charge is 0.414 e. The van der Waals surface area contributed by atoms with E-state index in [0.717, 1.165) is 18.3 Å². The molecule has 0 saturated heterocycles. The van der Waals surface area contributed by atoms with Gasteiger partial charge in [-0.05, 0) is 94.2 Å². The lowest BCUT2D eigenvalue weighted by Crippen LogP contribution is -2.42. The van der Waals surface area contributed by atoms with E-state index in [4.69, 9.17) is 4.43 Å². The second kappa shape index (κ2) is 6.20. The first kappa shape index (κ1) is 20.1. The van der Waals surface area contributed by atoms with Crippen LogP contribution in [0.1, 0.15) is 59.8 Å². The SMILES string of the molecule is C=C(I)C[C@@H](O[Si](C)(C)C)[C@]1(C)CC[C@@H]2C1=C[C@@]1(C)CCC(C)(C)[C@@H]21. The predicted octanol–water partition coefficient (Wildman–Crippen LogP) is 7.34. The Morgan fingerprint density at radius 1 is 1.24 bits per heavy atom. The first-order chi connectivity index (χ1) is 11.3. The van der Waals surface area contributed by atoms with E-state index in [1.807, 2.05) is 0 Å². The molecule has 0 N–H and O–H groups in total. The molecule has 0 amide bonds. The van der Waals surface area contributed by atoms with Crippen molar-refractivity contribution in [1.82, 2.24) is 0 Å². The molecule has 5 atom stereocenters. The highest BCUT2D eigenvalue weighted by molar-refractivity contribution is 14.1. The monoisotopic (exact) mass is 472 g/mol. The molecule has 0 unspecified atom stereocenters. The summed E-state index contributed by atoms with van der Waals surface area (Å²) in [7, 11) is -1.59. The van der Waals surface area contributed by atoms with Crippen LogP contribution >= 0.6 is 22.6 Å². The van der Waals surface area contributed by atoms with Crippen molar-refractivity contribution in [1.29, 1.82) is 0 Å². The molecule has 0 aromatic rings. The van der Waals surface area contributed by atoms with Gasteiger partial charge in [-0.3, -0.25) is 0 Å². The van der Waals surface area contributed by atoms with Crippen LogP contribution in [-0.2, 0) is 4.43 Å². The smallest absolute Gasteiger partial charge is 0.184 e. The topological polar surface area (TPSA) is 9.23 Å². The summed E-state index contributed by atoms with van der Waals surface area (Å²) in [5.41, 5.74) is 2.83. The predicted molar refractivity (Wildman–Crippen MR) is 120 cm³/mol. The van der Waals surface area contributed by atoms with Crippen LogP contribution in [0, 0.1) is 28.1 Å². The maximum atomic E-state index is 6.78. The number of hydrogen-bond acceptors (Lipinski definition) is 1. The zero-order valence-electron chi connectivity index (χ0n) is 17.3. The summed E-state index contributed by atoms with van der Waals surface area (Å²) in [6.07, 6.45) is 9.39. The van der Waals surface area contributed by atoms with Gasteiger partial charge in [0.1, 0.15) is 0 Å². The van der Waals surface area contributed by atoms with Crippen LogP contribution in [0.3, 0.4) is 0 Å². The lowest BCUT2D eigenvalue weighted by molar-refractivity contribution is 0.0846. The normalized spacial score (nSPS) is 40.6. The molecular formula is C22H37IOSi. The van der Waals surface area contributed by atoms with Gasteiger partial charge in [-0.1, -0.05) is 45.9 Å². The molecule has 25 heavy (non-hydrogen) atoms. The van der Waals surface area contributed by atoms with Gasteiger partial charge in [0.2, 0.25) is 0 Å². The van der Waals surface area contributed by atoms with Gasteiger partial charge in [-0.15, -0.1) is 0 Å². The van der Waals surface area contributed by atoms with Gasteiger partial charge in [-0.25, -0.2) is 0 Å². The van der Waals surface area contributed by atoms with E-state index >= 15 is 0 Å². The molecule has 0 spiro atoms. The molecule has 3 rings (SSSR count). The van der Waals surface area contributed by atoms with Crippen LogP contribution in [0.4, 0.5) is 0 Å². The van der Waals surface area contributed by atoms with Gasteiger partial charge < -0.3 is 4.43 Å². The number of halogens is 1. The molecular weight excluding hydrogens is 435 g/mol. The summed E-state index contributed by atoms with van der Waals surface area (Å²) in [6, 6.07) is 0. The highest BCUT2D eigenvalue weighted by Crippen LogP contribution is 2.69. The molecule has 2 saturated carbocycles. The summed E-state index contributed by atoms with van der Waals surface area (Å²) in [6.45, 7) is 21.2. The van der Waals surface area contributed by atoms with Crippen LogP contribution in [-0.4, -0.2) is 14.4 Å². The lowest BCUT2D eigenvalue weighted by Gasteiger charge is -2.40. The quantitative estimate of drug-likeness (QED) is 0.231. The van der Waals surface area contributed by atoms with Crippen molar-refractivity contribution >= 4 is 30.9 Å². The van der Waals surface area contributed by atoms with Gasteiger partial charge in [0.05, 0.1) is 6.10 Å². The number of rotatable bonds is 5. The molecule has 0 aromatic carbocycles. The number of hydrogen-bond donors (Lipinski definition) is 0. The van der Waals surface area contributed by atoms with E-state index in [0.29, 0.717) is 16.9 Å². The molecule has 142 valence electrons. The molecule has 2 fully saturated rings. The van der Waals surface area contributed by atoms with E-state index in [1.54, 1.807) is 5.57 Å². The van der Waals surface area contributed by atoms with Crippen molar-refractivity contribution in [2.24, 2.45) is 28.1 Å². The van der Waals surface area contributed by atoms with E-state index in [1.165, 1.54) is 29.3 Å². The van der Waals surface area contributed by atoms with E-state index in [9.17, 15) is 0 Å². The number of allylic oxidation sites excluding steroid dienone is 1. The Kier molecular flexibility index (Phi) is 4.99. The molecule has 0 radical (unpaired) electrons. The third-order valence-corrected chi connectivity index (χ3v) is 8.83. The Morgan fingerprint density at radius 3 is 2.44 bits per heavy atom. The van der Waals surface area contributed by atoms with E-state index in [2.05, 4.69) is 82.6 Å². The molecule has 3 aliphatic carbocycles. The molecule has 0 bridgehead atoms. The van der Waals surface area contributed by atoms with E-state index < -0.39 is 8.32 Å². The minimum absolute atomic E-state index is 0.197. The van der Waals surface area contributed by atoms with Gasteiger partial charge >= 0.3 is 0 Å². The highest BCUT2D eigenvalue weighted by atomic mass is 127. The Bertz CT molecular complexity index is 602. The summed E-state index contributed by atoms with van der Waals surface area (Å²) >= 11 is 2.40. The van der Waals surface area contributed by atoms with Gasteiger partial charge in [0.15, 0.2) is 8.32 Å². The van der Waals surface area contributed by atoms with Gasteiger partial charge in [-0.2, -0.15) is 0 Å². The van der Waals surface area contributed by atoms with Crippen LogP contribution in [0.5, 0.6) is 0 Å². The second-order valence-electron chi connectivity index (χ2n) is 11.1. The average Bonchev–Trinajstić information content (AvgIpc) is 2.97. The molecule has 1 nitrogen and oxygen atoms in total. The van der Waals surface area contributed by atoms with Crippen molar-refractivity contribution in [3.8, 4) is 0 Å². The lowest BCUT2D eigenvalue weighted by atomic mass is 9.68. The van der Waals surface area contributed by atoms with E-state index in [-0.39, 0.29) is 5.41 Å². The highest BCUT2D eigenvalue weighted by Gasteiger charge is 2.62. The van der Waals surface area contributed by atoms with Crippen molar-refractivity contribution in [3.05, 3.63) is 21.8 Å².